The fraction of sp³-hybridized carbons (Fsp3) is 0.455. The van der Waals surface area contributed by atoms with E-state index in [1.54, 1.807) is 17.9 Å². The van der Waals surface area contributed by atoms with Crippen LogP contribution in [0.1, 0.15) is 29.8 Å². The Hall–Kier alpha value is -1.78. The summed E-state index contributed by atoms with van der Waals surface area (Å²) < 4.78 is 1.55. The zero-order chi connectivity index (χ0) is 11.5. The zero-order valence-corrected chi connectivity index (χ0v) is 9.31. The molecule has 0 aliphatic heterocycles. The maximum atomic E-state index is 11.9. The number of allylic oxidation sites excluding steroid dienone is 1. The highest BCUT2D eigenvalue weighted by Gasteiger charge is 2.18. The largest absolute Gasteiger partial charge is 0.396 e. The quantitative estimate of drug-likeness (QED) is 0.725. The van der Waals surface area contributed by atoms with E-state index in [9.17, 15) is 4.79 Å². The molecule has 5 heteroatoms. The Balaban J connectivity index is 2.02. The van der Waals surface area contributed by atoms with Gasteiger partial charge in [-0.2, -0.15) is 5.10 Å². The number of carbonyl (C=O) groups is 1. The molecule has 1 unspecified atom stereocenters. The van der Waals surface area contributed by atoms with Gasteiger partial charge < -0.3 is 11.1 Å². The van der Waals surface area contributed by atoms with Gasteiger partial charge in [-0.1, -0.05) is 12.2 Å². The summed E-state index contributed by atoms with van der Waals surface area (Å²) in [5, 5.41) is 6.98. The summed E-state index contributed by atoms with van der Waals surface area (Å²) in [6.45, 7) is 0. The Bertz CT molecular complexity index is 422. The van der Waals surface area contributed by atoms with Crippen molar-refractivity contribution >= 4 is 11.6 Å². The van der Waals surface area contributed by atoms with Crippen molar-refractivity contribution < 1.29 is 4.79 Å². The number of amides is 1. The summed E-state index contributed by atoms with van der Waals surface area (Å²) >= 11 is 0. The molecule has 0 bridgehead atoms. The fourth-order valence-electron chi connectivity index (χ4n) is 1.86. The Morgan fingerprint density at radius 3 is 3.00 bits per heavy atom. The van der Waals surface area contributed by atoms with Crippen LogP contribution in [0.5, 0.6) is 0 Å². The molecule has 1 amide bonds. The van der Waals surface area contributed by atoms with Crippen LogP contribution in [0.2, 0.25) is 0 Å². The molecule has 1 aromatic rings. The highest BCUT2D eigenvalue weighted by atomic mass is 16.2. The van der Waals surface area contributed by atoms with E-state index in [0.717, 1.165) is 19.3 Å². The number of rotatable bonds is 2. The minimum Gasteiger partial charge on any atom is -0.396 e. The smallest absolute Gasteiger partial charge is 0.274 e. The lowest BCUT2D eigenvalue weighted by Gasteiger charge is -2.18. The molecule has 1 aliphatic carbocycles. The van der Waals surface area contributed by atoms with Crippen molar-refractivity contribution in [2.24, 2.45) is 7.05 Å². The molecule has 2 rings (SSSR count). The monoisotopic (exact) mass is 220 g/mol. The van der Waals surface area contributed by atoms with Crippen molar-refractivity contribution in [2.75, 3.05) is 5.73 Å². The molecule has 0 aromatic carbocycles. The van der Waals surface area contributed by atoms with Gasteiger partial charge in [0.05, 0.1) is 5.69 Å². The van der Waals surface area contributed by atoms with E-state index in [-0.39, 0.29) is 11.9 Å². The molecule has 0 saturated heterocycles. The zero-order valence-electron chi connectivity index (χ0n) is 9.31. The second-order valence-electron chi connectivity index (χ2n) is 4.06. The van der Waals surface area contributed by atoms with Gasteiger partial charge in [-0.15, -0.1) is 0 Å². The van der Waals surface area contributed by atoms with Gasteiger partial charge in [0.1, 0.15) is 0 Å². The molecule has 0 fully saturated rings. The SMILES string of the molecule is Cn1cc(N)c(C(=O)NC2CC=CCC2)n1. The highest BCUT2D eigenvalue weighted by Crippen LogP contribution is 2.13. The van der Waals surface area contributed by atoms with Gasteiger partial charge in [0.15, 0.2) is 5.69 Å². The summed E-state index contributed by atoms with van der Waals surface area (Å²) in [6, 6.07) is 0.207. The van der Waals surface area contributed by atoms with E-state index in [4.69, 9.17) is 5.73 Å². The molecule has 5 nitrogen and oxygen atoms in total. The molecule has 1 aliphatic rings. The van der Waals surface area contributed by atoms with Gasteiger partial charge in [-0.25, -0.2) is 0 Å². The third-order valence-electron chi connectivity index (χ3n) is 2.68. The number of aryl methyl sites for hydroxylation is 1. The normalized spacial score (nSPS) is 19.7. The number of nitrogens with one attached hydrogen (secondary N) is 1. The summed E-state index contributed by atoms with van der Waals surface area (Å²) in [5.41, 5.74) is 6.43. The lowest BCUT2D eigenvalue weighted by molar-refractivity contribution is 0.0930. The standard InChI is InChI=1S/C11H16N4O/c1-15-7-9(12)10(14-15)11(16)13-8-5-3-2-4-6-8/h2-3,7-8H,4-6,12H2,1H3,(H,13,16). The average molecular weight is 220 g/mol. The van der Waals surface area contributed by atoms with E-state index in [1.165, 1.54) is 0 Å². The van der Waals surface area contributed by atoms with Crippen LogP contribution in [0.25, 0.3) is 0 Å². The second-order valence-corrected chi connectivity index (χ2v) is 4.06. The summed E-state index contributed by atoms with van der Waals surface area (Å²) in [6.07, 6.45) is 8.75. The van der Waals surface area contributed by atoms with Crippen LogP contribution in [0.3, 0.4) is 0 Å². The number of anilines is 1. The number of aromatic nitrogens is 2. The maximum Gasteiger partial charge on any atom is 0.274 e. The first kappa shape index (κ1) is 10.7. The van der Waals surface area contributed by atoms with E-state index < -0.39 is 0 Å². The van der Waals surface area contributed by atoms with Crippen LogP contribution in [0.15, 0.2) is 18.3 Å². The van der Waals surface area contributed by atoms with E-state index >= 15 is 0 Å². The third-order valence-corrected chi connectivity index (χ3v) is 2.68. The van der Waals surface area contributed by atoms with Crippen molar-refractivity contribution in [3.8, 4) is 0 Å². The Kier molecular flexibility index (Phi) is 2.94. The molecular formula is C11H16N4O. The lowest BCUT2D eigenvalue weighted by atomic mass is 10.0. The molecule has 1 heterocycles. The minimum absolute atomic E-state index is 0.182. The molecule has 16 heavy (non-hydrogen) atoms. The average Bonchev–Trinajstić information content (AvgIpc) is 2.59. The van der Waals surface area contributed by atoms with Crippen LogP contribution < -0.4 is 11.1 Å². The summed E-state index contributed by atoms with van der Waals surface area (Å²) in [7, 11) is 1.75. The lowest BCUT2D eigenvalue weighted by Crippen LogP contribution is -2.35. The van der Waals surface area contributed by atoms with Crippen molar-refractivity contribution in [2.45, 2.75) is 25.3 Å². The van der Waals surface area contributed by atoms with Gasteiger partial charge in [-0.05, 0) is 19.3 Å². The third kappa shape index (κ3) is 2.24. The number of carbonyl (C=O) groups excluding carboxylic acids is 1. The molecular weight excluding hydrogens is 204 g/mol. The van der Waals surface area contributed by atoms with Crippen molar-refractivity contribution in [3.05, 3.63) is 24.0 Å². The molecule has 0 spiro atoms. The molecule has 1 atom stereocenters. The Labute approximate surface area is 94.3 Å². The van der Waals surface area contributed by atoms with Gasteiger partial charge in [-0.3, -0.25) is 9.48 Å². The van der Waals surface area contributed by atoms with Gasteiger partial charge in [0.25, 0.3) is 5.91 Å². The first-order chi connectivity index (χ1) is 7.66. The van der Waals surface area contributed by atoms with Gasteiger partial charge in [0.2, 0.25) is 0 Å². The van der Waals surface area contributed by atoms with Crippen molar-refractivity contribution in [1.29, 1.82) is 0 Å². The number of hydrogen-bond donors (Lipinski definition) is 2. The predicted molar refractivity (Wildman–Crippen MR) is 61.9 cm³/mol. The molecule has 1 aromatic heterocycles. The van der Waals surface area contributed by atoms with Crippen molar-refractivity contribution in [1.82, 2.24) is 15.1 Å². The fourth-order valence-corrected chi connectivity index (χ4v) is 1.86. The van der Waals surface area contributed by atoms with Crippen molar-refractivity contribution in [3.63, 3.8) is 0 Å². The highest BCUT2D eigenvalue weighted by molar-refractivity contribution is 5.97. The predicted octanol–water partition coefficient (Wildman–Crippen LogP) is 0.841. The number of hydrogen-bond acceptors (Lipinski definition) is 3. The van der Waals surface area contributed by atoms with E-state index in [1.807, 2.05) is 0 Å². The first-order valence-electron chi connectivity index (χ1n) is 5.42. The Morgan fingerprint density at radius 1 is 1.62 bits per heavy atom. The summed E-state index contributed by atoms with van der Waals surface area (Å²) in [4.78, 5) is 11.9. The molecule has 86 valence electrons. The topological polar surface area (TPSA) is 72.9 Å². The van der Waals surface area contributed by atoms with E-state index in [0.29, 0.717) is 11.4 Å². The second kappa shape index (κ2) is 4.38. The number of nitrogens with two attached hydrogens (primary N) is 1. The van der Waals surface area contributed by atoms with Crippen LogP contribution in [0, 0.1) is 0 Å². The molecule has 0 radical (unpaired) electrons. The first-order valence-corrected chi connectivity index (χ1v) is 5.42. The van der Waals surface area contributed by atoms with Gasteiger partial charge in [0, 0.05) is 19.3 Å². The van der Waals surface area contributed by atoms with E-state index in [2.05, 4.69) is 22.6 Å². The maximum absolute atomic E-state index is 11.9. The van der Waals surface area contributed by atoms with Crippen LogP contribution >= 0.6 is 0 Å². The molecule has 3 N–H and O–H groups in total. The molecule has 0 saturated carbocycles. The summed E-state index contributed by atoms with van der Waals surface area (Å²) in [5.74, 6) is -0.182. The minimum atomic E-state index is -0.182. The van der Waals surface area contributed by atoms with Crippen LogP contribution in [0.4, 0.5) is 5.69 Å². The number of nitrogens with zero attached hydrogens (tertiary/aromatic N) is 2. The van der Waals surface area contributed by atoms with Crippen LogP contribution in [-0.2, 0) is 7.05 Å². The Morgan fingerprint density at radius 2 is 2.44 bits per heavy atom. The van der Waals surface area contributed by atoms with Crippen LogP contribution in [-0.4, -0.2) is 21.7 Å². The van der Waals surface area contributed by atoms with Gasteiger partial charge >= 0.3 is 0 Å². The number of nitrogen functional groups attached to an aromatic ring is 1.